The Morgan fingerprint density at radius 2 is 0.716 bits per heavy atom. The first-order valence-electron chi connectivity index (χ1n) is 28.5. The Hall–Kier alpha value is -5.46. The number of carbonyl (C=O) groups excluding carboxylic acids is 2. The molecule has 2 heterocycles. The first-order valence-corrected chi connectivity index (χ1v) is 30.1. The normalized spacial score (nSPS) is 11.4. The number of allylic oxidation sites excluding steroid dienone is 4. The molecule has 0 aliphatic heterocycles. The summed E-state index contributed by atoms with van der Waals surface area (Å²) >= 11 is 2.76. The first kappa shape index (κ1) is 59.4. The van der Waals surface area contributed by atoms with Gasteiger partial charge < -0.3 is 21.3 Å². The maximum Gasteiger partial charge on any atom is 0.226 e. The highest BCUT2D eigenvalue weighted by molar-refractivity contribution is 7.19. The topological polar surface area (TPSA) is 134 Å². The van der Waals surface area contributed by atoms with Gasteiger partial charge in [0.2, 0.25) is 32.3 Å². The molecular weight excluding hydrogens is 953 g/mol. The largest absolute Gasteiger partial charge is 0.356 e. The third-order valence-electron chi connectivity index (χ3n) is 13.3. The number of anilines is 4. The van der Waals surface area contributed by atoms with Crippen LogP contribution in [0.3, 0.4) is 0 Å². The number of hydrogen-bond donors (Lipinski definition) is 4. The molecule has 74 heavy (non-hydrogen) atoms. The zero-order chi connectivity index (χ0) is 51.9. The SMILES string of the molecule is CCCCCCCC/C=C/CCCCCCCC(=O)Nc1nnc(NCc2cccc3ccccc23)s1.CCCCCCCC/C=C/CCCCCCCC(=O)Nc1nnc(NCc2cccc3ccccc23)s1. The summed E-state index contributed by atoms with van der Waals surface area (Å²) in [5, 5.41) is 36.5. The van der Waals surface area contributed by atoms with Crippen molar-refractivity contribution < 1.29 is 9.59 Å². The number of amides is 2. The van der Waals surface area contributed by atoms with Crippen molar-refractivity contribution in [1.29, 1.82) is 0 Å². The van der Waals surface area contributed by atoms with Crippen molar-refractivity contribution in [2.45, 2.75) is 207 Å². The highest BCUT2D eigenvalue weighted by Crippen LogP contribution is 2.26. The summed E-state index contributed by atoms with van der Waals surface area (Å²) in [5.74, 6) is 0.0451. The Kier molecular flexibility index (Phi) is 30.6. The third kappa shape index (κ3) is 25.2. The summed E-state index contributed by atoms with van der Waals surface area (Å²) in [6, 6.07) is 29.3. The van der Waals surface area contributed by atoms with Crippen molar-refractivity contribution in [3.63, 3.8) is 0 Å². The monoisotopic (exact) mass is 1040 g/mol. The molecule has 2 amide bonds. The predicted molar refractivity (Wildman–Crippen MR) is 319 cm³/mol. The van der Waals surface area contributed by atoms with Gasteiger partial charge >= 0.3 is 0 Å². The second-order valence-electron chi connectivity index (χ2n) is 19.6. The Morgan fingerprint density at radius 3 is 1.11 bits per heavy atom. The minimum absolute atomic E-state index is 0.0226. The van der Waals surface area contributed by atoms with E-state index in [9.17, 15) is 9.59 Å². The average molecular weight is 1040 g/mol. The summed E-state index contributed by atoms with van der Waals surface area (Å²) in [6.07, 6.45) is 43.2. The number of carbonyl (C=O) groups is 2. The van der Waals surface area contributed by atoms with E-state index in [4.69, 9.17) is 0 Å². The van der Waals surface area contributed by atoms with Crippen molar-refractivity contribution in [2.24, 2.45) is 0 Å². The molecule has 4 N–H and O–H groups in total. The van der Waals surface area contributed by atoms with Gasteiger partial charge in [-0.1, -0.05) is 248 Å². The molecule has 0 bridgehead atoms. The zero-order valence-corrected chi connectivity index (χ0v) is 46.7. The van der Waals surface area contributed by atoms with Crippen LogP contribution in [0.1, 0.15) is 205 Å². The molecule has 0 radical (unpaired) electrons. The molecule has 0 spiro atoms. The van der Waals surface area contributed by atoms with Crippen LogP contribution in [0.2, 0.25) is 0 Å². The molecular formula is C62H88N8O2S2. The molecule has 10 nitrogen and oxygen atoms in total. The smallest absolute Gasteiger partial charge is 0.226 e. The van der Waals surface area contributed by atoms with Crippen molar-refractivity contribution in [2.75, 3.05) is 21.3 Å². The lowest BCUT2D eigenvalue weighted by Crippen LogP contribution is -2.10. The molecule has 4 aromatic carbocycles. The molecule has 0 atom stereocenters. The van der Waals surface area contributed by atoms with Gasteiger partial charge in [0.05, 0.1) is 0 Å². The highest BCUT2D eigenvalue weighted by atomic mass is 32.1. The highest BCUT2D eigenvalue weighted by Gasteiger charge is 2.11. The second kappa shape index (κ2) is 38.1. The van der Waals surface area contributed by atoms with Gasteiger partial charge in [0.1, 0.15) is 0 Å². The molecule has 0 aliphatic rings. The van der Waals surface area contributed by atoms with Crippen LogP contribution in [0, 0.1) is 0 Å². The van der Waals surface area contributed by atoms with Crippen LogP contribution in [0.5, 0.6) is 0 Å². The number of nitrogens with one attached hydrogen (secondary N) is 4. The predicted octanol–water partition coefficient (Wildman–Crippen LogP) is 18.6. The number of benzene rings is 4. The fourth-order valence-corrected chi connectivity index (χ4v) is 10.3. The molecule has 0 fully saturated rings. The first-order chi connectivity index (χ1) is 36.5. The minimum Gasteiger partial charge on any atom is -0.356 e. The maximum atomic E-state index is 12.3. The van der Waals surface area contributed by atoms with Crippen molar-refractivity contribution >= 4 is 76.6 Å². The van der Waals surface area contributed by atoms with Crippen LogP contribution in [-0.2, 0) is 22.7 Å². The summed E-state index contributed by atoms with van der Waals surface area (Å²) < 4.78 is 0. The van der Waals surface area contributed by atoms with Gasteiger partial charge in [0.15, 0.2) is 0 Å². The fourth-order valence-electron chi connectivity index (χ4n) is 9.00. The van der Waals surface area contributed by atoms with Gasteiger partial charge in [-0.2, -0.15) is 0 Å². The lowest BCUT2D eigenvalue weighted by molar-refractivity contribution is -0.117. The molecule has 0 saturated carbocycles. The van der Waals surface area contributed by atoms with E-state index in [2.05, 4.69) is 165 Å². The molecule has 12 heteroatoms. The fraction of sp³-hybridized carbons (Fsp3) is 0.516. The number of rotatable bonds is 38. The van der Waals surface area contributed by atoms with Gasteiger partial charge in [-0.25, -0.2) is 0 Å². The summed E-state index contributed by atoms with van der Waals surface area (Å²) in [7, 11) is 0. The molecule has 6 rings (SSSR count). The number of hydrogen-bond acceptors (Lipinski definition) is 10. The summed E-state index contributed by atoms with van der Waals surface area (Å²) in [5.41, 5.74) is 2.42. The quantitative estimate of drug-likeness (QED) is 0.0223. The Labute approximate surface area is 452 Å². The van der Waals surface area contributed by atoms with E-state index < -0.39 is 0 Å². The maximum absolute atomic E-state index is 12.3. The van der Waals surface area contributed by atoms with Crippen molar-refractivity contribution in [3.8, 4) is 0 Å². The van der Waals surface area contributed by atoms with Gasteiger partial charge in [-0.05, 0) is 96.9 Å². The third-order valence-corrected chi connectivity index (χ3v) is 14.9. The summed E-state index contributed by atoms with van der Waals surface area (Å²) in [6.45, 7) is 5.87. The van der Waals surface area contributed by atoms with Crippen molar-refractivity contribution in [3.05, 3.63) is 120 Å². The molecule has 0 saturated heterocycles. The number of fused-ring (bicyclic) bond motifs is 2. The van der Waals surface area contributed by atoms with Gasteiger partial charge in [-0.15, -0.1) is 20.4 Å². The Bertz CT molecular complexity index is 2320. The van der Waals surface area contributed by atoms with E-state index in [1.165, 1.54) is 197 Å². The van der Waals surface area contributed by atoms with Crippen molar-refractivity contribution in [1.82, 2.24) is 20.4 Å². The number of nitrogens with zero attached hydrogens (tertiary/aromatic N) is 4. The van der Waals surface area contributed by atoms with Crippen LogP contribution in [0.4, 0.5) is 20.5 Å². The Balaban J connectivity index is 0.000000274. The summed E-state index contributed by atoms with van der Waals surface area (Å²) in [4.78, 5) is 24.6. The van der Waals surface area contributed by atoms with Gasteiger partial charge in [-0.3, -0.25) is 9.59 Å². The second-order valence-corrected chi connectivity index (χ2v) is 21.5. The average Bonchev–Trinajstić information content (AvgIpc) is 4.08. The van der Waals surface area contributed by atoms with E-state index in [-0.39, 0.29) is 11.8 Å². The number of aromatic nitrogens is 4. The van der Waals surface area contributed by atoms with Crippen LogP contribution >= 0.6 is 22.7 Å². The number of unbranched alkanes of at least 4 members (excludes halogenated alkanes) is 22. The van der Waals surface area contributed by atoms with E-state index in [1.54, 1.807) is 0 Å². The molecule has 2 aromatic heterocycles. The molecule has 400 valence electrons. The van der Waals surface area contributed by atoms with Crippen LogP contribution in [0.25, 0.3) is 21.5 Å². The van der Waals surface area contributed by atoms with Gasteiger partial charge in [0, 0.05) is 25.9 Å². The molecule has 6 aromatic rings. The van der Waals surface area contributed by atoms with Crippen LogP contribution < -0.4 is 21.3 Å². The molecule has 0 aliphatic carbocycles. The van der Waals surface area contributed by atoms with E-state index >= 15 is 0 Å². The minimum atomic E-state index is 0.0226. The zero-order valence-electron chi connectivity index (χ0n) is 45.0. The van der Waals surface area contributed by atoms with Gasteiger partial charge in [0.25, 0.3) is 0 Å². The lowest BCUT2D eigenvalue weighted by atomic mass is 10.0. The van der Waals surface area contributed by atoms with E-state index in [1.807, 2.05) is 0 Å². The van der Waals surface area contributed by atoms with Crippen LogP contribution in [-0.4, -0.2) is 32.2 Å². The van der Waals surface area contributed by atoms with Crippen LogP contribution in [0.15, 0.2) is 109 Å². The van der Waals surface area contributed by atoms with E-state index in [0.717, 1.165) is 25.7 Å². The lowest BCUT2D eigenvalue weighted by Gasteiger charge is -2.06. The van der Waals surface area contributed by atoms with E-state index in [0.29, 0.717) is 46.5 Å². The Morgan fingerprint density at radius 1 is 0.392 bits per heavy atom. The standard InChI is InChI=1S/2C31H44N4OS/c2*1-2-3-4-5-6-7-8-9-10-11-12-13-14-15-16-24-29(36)33-31-35-34-30(37-31)32-25-27-22-19-21-26-20-17-18-23-28(26)27/h2*9-10,17-23H,2-8,11-16,24-25H2,1H3,(H,32,34)(H,33,35,36)/b2*10-9+. The molecule has 0 unspecified atom stereocenters.